The maximum atomic E-state index is 11.7. The van der Waals surface area contributed by atoms with Gasteiger partial charge in [-0.3, -0.25) is 4.79 Å². The Labute approximate surface area is 108 Å². The number of amides is 1. The van der Waals surface area contributed by atoms with Crippen LogP contribution in [0.25, 0.3) is 0 Å². The molecule has 0 saturated carbocycles. The first-order chi connectivity index (χ1) is 8.17. The summed E-state index contributed by atoms with van der Waals surface area (Å²) in [6.45, 7) is 7.80. The van der Waals surface area contributed by atoms with Crippen LogP contribution < -0.4 is 5.32 Å². The second kappa shape index (κ2) is 7.30. The van der Waals surface area contributed by atoms with Crippen molar-refractivity contribution in [3.63, 3.8) is 0 Å². The smallest absolute Gasteiger partial charge is 0.251 e. The molecule has 0 unspecified atom stereocenters. The molecule has 3 nitrogen and oxygen atoms in total. The number of benzene rings is 1. The first kappa shape index (κ1) is 14.0. The number of carbonyl (C=O) groups is 1. The molecular weight excluding hydrogens is 236 g/mol. The number of carbonyl (C=O) groups excluding carboxylic acids is 1. The van der Waals surface area contributed by atoms with E-state index in [1.165, 1.54) is 0 Å². The Kier molecular flexibility index (Phi) is 6.01. The van der Waals surface area contributed by atoms with Crippen molar-refractivity contribution in [1.82, 2.24) is 10.2 Å². The van der Waals surface area contributed by atoms with Gasteiger partial charge in [-0.1, -0.05) is 25.4 Å². The van der Waals surface area contributed by atoms with Crippen LogP contribution in [0.3, 0.4) is 0 Å². The van der Waals surface area contributed by atoms with Gasteiger partial charge in [0.25, 0.3) is 5.91 Å². The minimum Gasteiger partial charge on any atom is -0.351 e. The summed E-state index contributed by atoms with van der Waals surface area (Å²) in [7, 11) is 0. The van der Waals surface area contributed by atoms with Gasteiger partial charge in [0.2, 0.25) is 0 Å². The van der Waals surface area contributed by atoms with Crippen LogP contribution in [0.5, 0.6) is 0 Å². The zero-order valence-corrected chi connectivity index (χ0v) is 11.1. The van der Waals surface area contributed by atoms with E-state index in [0.29, 0.717) is 17.1 Å². The van der Waals surface area contributed by atoms with E-state index in [0.717, 1.165) is 19.6 Å². The fraction of sp³-hybridized carbons (Fsp3) is 0.462. The Bertz CT molecular complexity index is 347. The number of nitrogens with one attached hydrogen (secondary N) is 1. The SMILES string of the molecule is CCN(CC)CCNC(=O)c1ccc(Cl)cc1. The molecule has 1 aromatic carbocycles. The highest BCUT2D eigenvalue weighted by atomic mass is 35.5. The van der Waals surface area contributed by atoms with Gasteiger partial charge in [0.1, 0.15) is 0 Å². The van der Waals surface area contributed by atoms with Gasteiger partial charge in [-0.05, 0) is 37.4 Å². The average molecular weight is 255 g/mol. The van der Waals surface area contributed by atoms with Gasteiger partial charge in [-0.2, -0.15) is 0 Å². The summed E-state index contributed by atoms with van der Waals surface area (Å²) in [6.07, 6.45) is 0. The number of hydrogen-bond acceptors (Lipinski definition) is 2. The second-order valence-electron chi connectivity index (χ2n) is 3.79. The van der Waals surface area contributed by atoms with Crippen molar-refractivity contribution in [1.29, 1.82) is 0 Å². The lowest BCUT2D eigenvalue weighted by atomic mass is 10.2. The van der Waals surface area contributed by atoms with Crippen molar-refractivity contribution in [2.75, 3.05) is 26.2 Å². The highest BCUT2D eigenvalue weighted by molar-refractivity contribution is 6.30. The Morgan fingerprint density at radius 1 is 1.24 bits per heavy atom. The van der Waals surface area contributed by atoms with Gasteiger partial charge < -0.3 is 10.2 Å². The maximum Gasteiger partial charge on any atom is 0.251 e. The van der Waals surface area contributed by atoms with Crippen molar-refractivity contribution in [2.24, 2.45) is 0 Å². The molecule has 0 aliphatic heterocycles. The van der Waals surface area contributed by atoms with Crippen molar-refractivity contribution in [3.8, 4) is 0 Å². The highest BCUT2D eigenvalue weighted by Gasteiger charge is 2.05. The minimum absolute atomic E-state index is 0.0474. The first-order valence-corrected chi connectivity index (χ1v) is 6.31. The highest BCUT2D eigenvalue weighted by Crippen LogP contribution is 2.09. The van der Waals surface area contributed by atoms with Crippen LogP contribution in [0.15, 0.2) is 24.3 Å². The molecule has 1 aromatic rings. The van der Waals surface area contributed by atoms with Crippen LogP contribution in [0, 0.1) is 0 Å². The third-order valence-corrected chi connectivity index (χ3v) is 2.97. The number of likely N-dealkylation sites (N-methyl/N-ethyl adjacent to an activating group) is 1. The van der Waals surface area contributed by atoms with E-state index in [1.807, 2.05) is 0 Å². The molecule has 94 valence electrons. The van der Waals surface area contributed by atoms with Gasteiger partial charge in [-0.25, -0.2) is 0 Å². The first-order valence-electron chi connectivity index (χ1n) is 5.93. The molecule has 0 aliphatic rings. The van der Waals surface area contributed by atoms with E-state index in [1.54, 1.807) is 24.3 Å². The Hall–Kier alpha value is -1.06. The number of halogens is 1. The van der Waals surface area contributed by atoms with Crippen LogP contribution >= 0.6 is 11.6 Å². The lowest BCUT2D eigenvalue weighted by molar-refractivity contribution is 0.0949. The topological polar surface area (TPSA) is 32.3 Å². The van der Waals surface area contributed by atoms with Crippen molar-refractivity contribution in [3.05, 3.63) is 34.9 Å². The molecule has 4 heteroatoms. The Morgan fingerprint density at radius 3 is 2.35 bits per heavy atom. The molecule has 0 radical (unpaired) electrons. The van der Waals surface area contributed by atoms with E-state index in [2.05, 4.69) is 24.1 Å². The standard InChI is InChI=1S/C13H19ClN2O/c1-3-16(4-2)10-9-15-13(17)11-5-7-12(14)8-6-11/h5-8H,3-4,9-10H2,1-2H3,(H,15,17). The molecule has 0 spiro atoms. The van der Waals surface area contributed by atoms with Crippen molar-refractivity contribution >= 4 is 17.5 Å². The largest absolute Gasteiger partial charge is 0.351 e. The van der Waals surface area contributed by atoms with Crippen LogP contribution in [-0.4, -0.2) is 37.0 Å². The zero-order chi connectivity index (χ0) is 12.7. The fourth-order valence-corrected chi connectivity index (χ4v) is 1.70. The molecule has 0 aliphatic carbocycles. The number of rotatable bonds is 6. The zero-order valence-electron chi connectivity index (χ0n) is 10.4. The summed E-state index contributed by atoms with van der Waals surface area (Å²) >= 11 is 5.76. The molecule has 0 heterocycles. The normalized spacial score (nSPS) is 10.6. The monoisotopic (exact) mass is 254 g/mol. The summed E-state index contributed by atoms with van der Waals surface area (Å²) in [5, 5.41) is 3.54. The summed E-state index contributed by atoms with van der Waals surface area (Å²) in [5.41, 5.74) is 0.647. The molecule has 0 fully saturated rings. The molecule has 1 amide bonds. The van der Waals surface area contributed by atoms with E-state index in [-0.39, 0.29) is 5.91 Å². The van der Waals surface area contributed by atoms with Gasteiger partial charge in [-0.15, -0.1) is 0 Å². The van der Waals surface area contributed by atoms with E-state index >= 15 is 0 Å². The third kappa shape index (κ3) is 4.75. The molecule has 0 atom stereocenters. The summed E-state index contributed by atoms with van der Waals surface area (Å²) in [6, 6.07) is 6.91. The molecular formula is C13H19ClN2O. The molecule has 17 heavy (non-hydrogen) atoms. The van der Waals surface area contributed by atoms with Crippen LogP contribution in [0.4, 0.5) is 0 Å². The predicted molar refractivity (Wildman–Crippen MR) is 71.6 cm³/mol. The van der Waals surface area contributed by atoms with E-state index in [4.69, 9.17) is 11.6 Å². The third-order valence-electron chi connectivity index (χ3n) is 2.71. The Morgan fingerprint density at radius 2 is 1.82 bits per heavy atom. The summed E-state index contributed by atoms with van der Waals surface area (Å²) in [5.74, 6) is -0.0474. The minimum atomic E-state index is -0.0474. The van der Waals surface area contributed by atoms with Crippen molar-refractivity contribution < 1.29 is 4.79 Å². The van der Waals surface area contributed by atoms with E-state index < -0.39 is 0 Å². The molecule has 0 bridgehead atoms. The van der Waals surface area contributed by atoms with E-state index in [9.17, 15) is 4.79 Å². The second-order valence-corrected chi connectivity index (χ2v) is 4.23. The van der Waals surface area contributed by atoms with Gasteiger partial charge in [0.05, 0.1) is 0 Å². The quantitative estimate of drug-likeness (QED) is 0.846. The van der Waals surface area contributed by atoms with Crippen LogP contribution in [-0.2, 0) is 0 Å². The fourth-order valence-electron chi connectivity index (χ4n) is 1.57. The number of nitrogens with zero attached hydrogens (tertiary/aromatic N) is 1. The lowest BCUT2D eigenvalue weighted by Crippen LogP contribution is -2.34. The molecule has 1 N–H and O–H groups in total. The summed E-state index contributed by atoms with van der Waals surface area (Å²) in [4.78, 5) is 14.0. The van der Waals surface area contributed by atoms with Gasteiger partial charge >= 0.3 is 0 Å². The van der Waals surface area contributed by atoms with Gasteiger partial charge in [0, 0.05) is 23.7 Å². The lowest BCUT2D eigenvalue weighted by Gasteiger charge is -2.17. The number of hydrogen-bond donors (Lipinski definition) is 1. The average Bonchev–Trinajstić information content (AvgIpc) is 2.35. The molecule has 0 saturated heterocycles. The van der Waals surface area contributed by atoms with Crippen LogP contribution in [0.2, 0.25) is 5.02 Å². The van der Waals surface area contributed by atoms with Crippen molar-refractivity contribution in [2.45, 2.75) is 13.8 Å². The van der Waals surface area contributed by atoms with Gasteiger partial charge in [0.15, 0.2) is 0 Å². The van der Waals surface area contributed by atoms with Crippen LogP contribution in [0.1, 0.15) is 24.2 Å². The molecule has 0 aromatic heterocycles. The predicted octanol–water partition coefficient (Wildman–Crippen LogP) is 2.41. The summed E-state index contributed by atoms with van der Waals surface area (Å²) < 4.78 is 0. The maximum absolute atomic E-state index is 11.7. The molecule has 1 rings (SSSR count). The Balaban J connectivity index is 2.37.